The topological polar surface area (TPSA) is 18.5 Å². The lowest BCUT2D eigenvalue weighted by Crippen LogP contribution is -2.17. The summed E-state index contributed by atoms with van der Waals surface area (Å²) in [5, 5.41) is 0. The zero-order valence-electron chi connectivity index (χ0n) is 16.5. The Morgan fingerprint density at radius 2 is 1.64 bits per heavy atom. The van der Waals surface area contributed by atoms with E-state index in [0.717, 1.165) is 48.1 Å². The fraction of sp³-hybridized carbons (Fsp3) is 0.391. The van der Waals surface area contributed by atoms with Gasteiger partial charge in [-0.1, -0.05) is 25.1 Å². The number of halogens is 3. The van der Waals surface area contributed by atoms with E-state index in [-0.39, 0.29) is 5.75 Å². The second-order valence-corrected chi connectivity index (χ2v) is 7.12. The fourth-order valence-electron chi connectivity index (χ4n) is 3.73. The van der Waals surface area contributed by atoms with Crippen LogP contribution < -0.4 is 9.47 Å². The van der Waals surface area contributed by atoms with Crippen molar-refractivity contribution in [2.75, 3.05) is 6.61 Å². The van der Waals surface area contributed by atoms with Crippen molar-refractivity contribution >= 4 is 5.57 Å². The summed E-state index contributed by atoms with van der Waals surface area (Å²) in [6.07, 6.45) is -0.791. The maximum absolute atomic E-state index is 12.3. The molecule has 0 radical (unpaired) electrons. The van der Waals surface area contributed by atoms with Crippen molar-refractivity contribution in [2.24, 2.45) is 0 Å². The highest BCUT2D eigenvalue weighted by molar-refractivity contribution is 5.71. The second-order valence-electron chi connectivity index (χ2n) is 7.12. The fourth-order valence-corrected chi connectivity index (χ4v) is 3.73. The van der Waals surface area contributed by atoms with Gasteiger partial charge in [-0.3, -0.25) is 0 Å². The first kappa shape index (κ1) is 20.3. The summed E-state index contributed by atoms with van der Waals surface area (Å²) in [7, 11) is 0. The first-order valence-corrected chi connectivity index (χ1v) is 9.57. The van der Waals surface area contributed by atoms with Crippen molar-refractivity contribution in [1.29, 1.82) is 0 Å². The van der Waals surface area contributed by atoms with Crippen LogP contribution in [0.15, 0.2) is 42.0 Å². The Morgan fingerprint density at radius 3 is 2.29 bits per heavy atom. The summed E-state index contributed by atoms with van der Waals surface area (Å²) in [6.45, 7) is 6.84. The lowest BCUT2D eigenvalue weighted by molar-refractivity contribution is -0.274. The van der Waals surface area contributed by atoms with Crippen LogP contribution in [0, 0.1) is 13.8 Å². The smallest absolute Gasteiger partial charge is 0.489 e. The van der Waals surface area contributed by atoms with E-state index in [1.807, 2.05) is 6.07 Å². The monoisotopic (exact) mass is 390 g/mol. The lowest BCUT2D eigenvalue weighted by Gasteiger charge is -2.15. The van der Waals surface area contributed by atoms with Gasteiger partial charge in [0.05, 0.1) is 0 Å². The molecule has 0 heterocycles. The van der Waals surface area contributed by atoms with Gasteiger partial charge >= 0.3 is 6.36 Å². The van der Waals surface area contributed by atoms with Crippen molar-refractivity contribution < 1.29 is 22.6 Å². The minimum Gasteiger partial charge on any atom is -0.489 e. The van der Waals surface area contributed by atoms with Crippen LogP contribution >= 0.6 is 0 Å². The third kappa shape index (κ3) is 4.70. The van der Waals surface area contributed by atoms with Crippen LogP contribution in [0.2, 0.25) is 0 Å². The zero-order chi connectivity index (χ0) is 20.3. The van der Waals surface area contributed by atoms with E-state index in [0.29, 0.717) is 6.61 Å². The van der Waals surface area contributed by atoms with Gasteiger partial charge in [-0.15, -0.1) is 13.2 Å². The van der Waals surface area contributed by atoms with Gasteiger partial charge in [0.1, 0.15) is 18.1 Å². The first-order valence-electron chi connectivity index (χ1n) is 9.57. The van der Waals surface area contributed by atoms with E-state index in [9.17, 15) is 13.2 Å². The number of aryl methyl sites for hydroxylation is 1. The Labute approximate surface area is 164 Å². The maximum atomic E-state index is 12.3. The second kappa shape index (κ2) is 8.29. The molecule has 0 spiro atoms. The van der Waals surface area contributed by atoms with E-state index >= 15 is 0 Å². The molecule has 1 aliphatic carbocycles. The third-order valence-electron chi connectivity index (χ3n) is 5.40. The van der Waals surface area contributed by atoms with Crippen molar-refractivity contribution in [1.82, 2.24) is 0 Å². The Balaban J connectivity index is 1.75. The molecule has 2 aromatic rings. The number of alkyl halides is 3. The van der Waals surface area contributed by atoms with Gasteiger partial charge in [0, 0.05) is 0 Å². The Bertz CT molecular complexity index is 865. The Kier molecular flexibility index (Phi) is 6.01. The quantitative estimate of drug-likeness (QED) is 0.541. The average molecular weight is 390 g/mol. The van der Waals surface area contributed by atoms with Crippen molar-refractivity contribution in [3.05, 3.63) is 64.2 Å². The molecule has 0 saturated heterocycles. The molecule has 0 amide bonds. The zero-order valence-corrected chi connectivity index (χ0v) is 16.5. The molecule has 0 aromatic heterocycles. The summed E-state index contributed by atoms with van der Waals surface area (Å²) in [6, 6.07) is 10.2. The molecular formula is C23H25F3O2. The van der Waals surface area contributed by atoms with Crippen LogP contribution in [0.3, 0.4) is 0 Å². The molecule has 0 fully saturated rings. The molecular weight excluding hydrogens is 365 g/mol. The molecule has 28 heavy (non-hydrogen) atoms. The SMILES string of the molecule is CCc1ccc(OCC2=C(c3ccc(OC(F)(F)F)cc3)CCC2)c(C)c1C. The summed E-state index contributed by atoms with van der Waals surface area (Å²) in [5.41, 5.74) is 7.06. The van der Waals surface area contributed by atoms with E-state index in [4.69, 9.17) is 4.74 Å². The van der Waals surface area contributed by atoms with Crippen LogP contribution in [-0.2, 0) is 6.42 Å². The molecule has 1 aliphatic rings. The number of benzene rings is 2. The number of rotatable bonds is 6. The number of allylic oxidation sites excluding steroid dienone is 1. The summed E-state index contributed by atoms with van der Waals surface area (Å²) in [4.78, 5) is 0. The maximum Gasteiger partial charge on any atom is 0.573 e. The molecule has 150 valence electrons. The van der Waals surface area contributed by atoms with Crippen LogP contribution in [0.1, 0.15) is 48.4 Å². The molecule has 5 heteroatoms. The van der Waals surface area contributed by atoms with Crippen LogP contribution in [0.25, 0.3) is 5.57 Å². The number of hydrogen-bond acceptors (Lipinski definition) is 2. The molecule has 2 aromatic carbocycles. The van der Waals surface area contributed by atoms with E-state index in [2.05, 4.69) is 31.6 Å². The van der Waals surface area contributed by atoms with Gasteiger partial charge in [0.25, 0.3) is 0 Å². The van der Waals surface area contributed by atoms with E-state index in [1.54, 1.807) is 12.1 Å². The van der Waals surface area contributed by atoms with Crippen LogP contribution in [0.4, 0.5) is 13.2 Å². The third-order valence-corrected chi connectivity index (χ3v) is 5.40. The Morgan fingerprint density at radius 1 is 0.929 bits per heavy atom. The minimum atomic E-state index is -4.67. The highest BCUT2D eigenvalue weighted by atomic mass is 19.4. The minimum absolute atomic E-state index is 0.199. The molecule has 0 bridgehead atoms. The standard InChI is InChI=1S/C23H25F3O2/c1-4-17-10-13-22(16(3)15(17)2)27-14-19-6-5-7-21(19)18-8-11-20(12-9-18)28-23(24,25)26/h8-13H,4-7,14H2,1-3H3. The van der Waals surface area contributed by atoms with Gasteiger partial charge in [-0.25, -0.2) is 0 Å². The number of hydrogen-bond donors (Lipinski definition) is 0. The van der Waals surface area contributed by atoms with Gasteiger partial charge < -0.3 is 9.47 Å². The molecule has 0 saturated carbocycles. The lowest BCUT2D eigenvalue weighted by atomic mass is 10.0. The Hall–Kier alpha value is -2.43. The van der Waals surface area contributed by atoms with Gasteiger partial charge in [-0.05, 0) is 91.1 Å². The van der Waals surface area contributed by atoms with Gasteiger partial charge in [0.2, 0.25) is 0 Å². The van der Waals surface area contributed by atoms with Crippen molar-refractivity contribution in [3.63, 3.8) is 0 Å². The van der Waals surface area contributed by atoms with Crippen LogP contribution in [0.5, 0.6) is 11.5 Å². The summed E-state index contributed by atoms with van der Waals surface area (Å²) >= 11 is 0. The largest absolute Gasteiger partial charge is 0.573 e. The van der Waals surface area contributed by atoms with E-state index in [1.165, 1.54) is 28.8 Å². The number of ether oxygens (including phenoxy) is 2. The summed E-state index contributed by atoms with van der Waals surface area (Å²) in [5.74, 6) is 0.692. The summed E-state index contributed by atoms with van der Waals surface area (Å²) < 4.78 is 47.0. The molecule has 2 nitrogen and oxygen atoms in total. The molecule has 0 aliphatic heterocycles. The average Bonchev–Trinajstić information content (AvgIpc) is 3.11. The molecule has 0 atom stereocenters. The van der Waals surface area contributed by atoms with Gasteiger partial charge in [-0.2, -0.15) is 0 Å². The van der Waals surface area contributed by atoms with Crippen LogP contribution in [-0.4, -0.2) is 13.0 Å². The van der Waals surface area contributed by atoms with Gasteiger partial charge in [0.15, 0.2) is 0 Å². The van der Waals surface area contributed by atoms with Crippen molar-refractivity contribution in [2.45, 2.75) is 52.8 Å². The van der Waals surface area contributed by atoms with E-state index < -0.39 is 6.36 Å². The predicted octanol–water partition coefficient (Wildman–Crippen LogP) is 6.78. The molecule has 3 rings (SSSR count). The predicted molar refractivity (Wildman–Crippen MR) is 105 cm³/mol. The molecule has 0 unspecified atom stereocenters. The highest BCUT2D eigenvalue weighted by Gasteiger charge is 2.31. The van der Waals surface area contributed by atoms with Crippen molar-refractivity contribution in [3.8, 4) is 11.5 Å². The normalized spacial score (nSPS) is 14.5. The highest BCUT2D eigenvalue weighted by Crippen LogP contribution is 2.36. The first-order chi connectivity index (χ1) is 13.3. The molecule has 0 N–H and O–H groups in total.